The maximum Gasteiger partial charge on any atom is 0.254 e. The number of carbonyl (C=O) groups excluding carboxylic acids is 2. The second kappa shape index (κ2) is 9.22. The van der Waals surface area contributed by atoms with E-state index in [4.69, 9.17) is 4.74 Å². The Labute approximate surface area is 160 Å². The van der Waals surface area contributed by atoms with E-state index in [2.05, 4.69) is 5.32 Å². The zero-order chi connectivity index (χ0) is 19.2. The summed E-state index contributed by atoms with van der Waals surface area (Å²) in [5, 5.41) is 12.8. The molecule has 1 heterocycles. The van der Waals surface area contributed by atoms with Gasteiger partial charge in [-0.15, -0.1) is 0 Å². The summed E-state index contributed by atoms with van der Waals surface area (Å²) in [5.74, 6) is 1.18. The number of hydrogen-bond donors (Lipinski definition) is 2. The lowest BCUT2D eigenvalue weighted by Crippen LogP contribution is -2.40. The summed E-state index contributed by atoms with van der Waals surface area (Å²) in [5.41, 5.74) is 0.565. The molecule has 2 amide bonds. The number of amides is 2. The summed E-state index contributed by atoms with van der Waals surface area (Å²) in [7, 11) is 0. The summed E-state index contributed by atoms with van der Waals surface area (Å²) in [6.45, 7) is 2.83. The van der Waals surface area contributed by atoms with Gasteiger partial charge in [-0.05, 0) is 56.4 Å². The fourth-order valence-corrected chi connectivity index (χ4v) is 4.23. The van der Waals surface area contributed by atoms with Crippen molar-refractivity contribution in [2.75, 3.05) is 19.8 Å². The van der Waals surface area contributed by atoms with Crippen LogP contribution in [0.15, 0.2) is 24.3 Å². The zero-order valence-corrected chi connectivity index (χ0v) is 16.0. The van der Waals surface area contributed by atoms with E-state index in [1.54, 1.807) is 29.2 Å². The van der Waals surface area contributed by atoms with E-state index < -0.39 is 0 Å². The van der Waals surface area contributed by atoms with Crippen LogP contribution < -0.4 is 10.1 Å². The van der Waals surface area contributed by atoms with Crippen molar-refractivity contribution in [1.82, 2.24) is 10.2 Å². The lowest BCUT2D eigenvalue weighted by Gasteiger charge is -2.23. The number of benzene rings is 1. The van der Waals surface area contributed by atoms with Crippen LogP contribution in [-0.2, 0) is 4.79 Å². The highest BCUT2D eigenvalue weighted by Crippen LogP contribution is 2.28. The number of ether oxygens (including phenoxy) is 1. The van der Waals surface area contributed by atoms with Crippen LogP contribution in [0.25, 0.3) is 0 Å². The Kier molecular flexibility index (Phi) is 6.72. The van der Waals surface area contributed by atoms with Gasteiger partial charge in [-0.1, -0.05) is 12.8 Å². The maximum atomic E-state index is 12.9. The molecule has 0 aromatic heterocycles. The van der Waals surface area contributed by atoms with Crippen molar-refractivity contribution in [3.05, 3.63) is 29.8 Å². The molecular formula is C21H30N2O4. The number of carbonyl (C=O) groups is 2. The van der Waals surface area contributed by atoms with Crippen molar-refractivity contribution in [3.63, 3.8) is 0 Å². The van der Waals surface area contributed by atoms with Crippen molar-refractivity contribution in [1.29, 1.82) is 0 Å². The second-order valence-electron chi connectivity index (χ2n) is 7.61. The molecule has 0 unspecified atom stereocenters. The molecule has 6 nitrogen and oxygen atoms in total. The van der Waals surface area contributed by atoms with Crippen LogP contribution in [0.5, 0.6) is 5.75 Å². The third-order valence-corrected chi connectivity index (χ3v) is 5.61. The minimum absolute atomic E-state index is 0.0685. The van der Waals surface area contributed by atoms with Crippen LogP contribution in [-0.4, -0.2) is 53.7 Å². The van der Waals surface area contributed by atoms with Gasteiger partial charge in [0.15, 0.2) is 0 Å². The molecule has 2 N–H and O–H groups in total. The monoisotopic (exact) mass is 374 g/mol. The number of nitrogens with one attached hydrogen (secondary N) is 1. The number of aliphatic hydroxyl groups excluding tert-OH is 1. The summed E-state index contributed by atoms with van der Waals surface area (Å²) in [6, 6.07) is 6.69. The minimum atomic E-state index is -0.263. The zero-order valence-electron chi connectivity index (χ0n) is 16.0. The van der Waals surface area contributed by atoms with Crippen LogP contribution in [0.2, 0.25) is 0 Å². The molecule has 6 heteroatoms. The lowest BCUT2D eigenvalue weighted by atomic mass is 10.0. The topological polar surface area (TPSA) is 78.9 Å². The summed E-state index contributed by atoms with van der Waals surface area (Å²) in [6.07, 6.45) is 5.89. The van der Waals surface area contributed by atoms with Gasteiger partial charge in [0.05, 0.1) is 19.3 Å². The van der Waals surface area contributed by atoms with Crippen LogP contribution in [0.4, 0.5) is 0 Å². The molecule has 1 saturated heterocycles. The Hall–Kier alpha value is -2.08. The largest absolute Gasteiger partial charge is 0.494 e. The summed E-state index contributed by atoms with van der Waals surface area (Å²) in [4.78, 5) is 26.8. The summed E-state index contributed by atoms with van der Waals surface area (Å²) < 4.78 is 5.41. The Morgan fingerprint density at radius 3 is 2.56 bits per heavy atom. The van der Waals surface area contributed by atoms with Gasteiger partial charge in [-0.2, -0.15) is 0 Å². The number of hydrogen-bond acceptors (Lipinski definition) is 4. The standard InChI is InChI=1S/C21H30N2O4/c1-2-27-19-9-7-16(8-10-19)21(26)23-13-17(12-18(23)14-24)22-20(25)11-15-5-3-4-6-15/h7-10,15,17-18,24H,2-6,11-14H2,1H3,(H,22,25)/t17-,18-/m0/s1. The van der Waals surface area contributed by atoms with Crippen molar-refractivity contribution < 1.29 is 19.4 Å². The van der Waals surface area contributed by atoms with Crippen molar-refractivity contribution >= 4 is 11.8 Å². The fraction of sp³-hybridized carbons (Fsp3) is 0.619. The van der Waals surface area contributed by atoms with Gasteiger partial charge < -0.3 is 20.1 Å². The van der Waals surface area contributed by atoms with E-state index >= 15 is 0 Å². The van der Waals surface area contributed by atoms with Gasteiger partial charge >= 0.3 is 0 Å². The first-order valence-corrected chi connectivity index (χ1v) is 10.0. The average molecular weight is 374 g/mol. The first-order chi connectivity index (χ1) is 13.1. The molecule has 0 bridgehead atoms. The molecular weight excluding hydrogens is 344 g/mol. The molecule has 2 fully saturated rings. The van der Waals surface area contributed by atoms with E-state index in [0.717, 1.165) is 18.6 Å². The maximum absolute atomic E-state index is 12.9. The van der Waals surface area contributed by atoms with Gasteiger partial charge in [0.2, 0.25) is 5.91 Å². The van der Waals surface area contributed by atoms with Crippen molar-refractivity contribution in [2.24, 2.45) is 5.92 Å². The number of aliphatic hydroxyl groups is 1. The Balaban J connectivity index is 1.57. The van der Waals surface area contributed by atoms with Crippen molar-refractivity contribution in [3.8, 4) is 5.75 Å². The molecule has 148 valence electrons. The minimum Gasteiger partial charge on any atom is -0.494 e. The molecule has 3 rings (SSSR count). The molecule has 1 saturated carbocycles. The van der Waals surface area contributed by atoms with Crippen LogP contribution in [0.1, 0.15) is 55.8 Å². The van der Waals surface area contributed by atoms with Gasteiger partial charge in [0.1, 0.15) is 5.75 Å². The smallest absolute Gasteiger partial charge is 0.254 e. The van der Waals surface area contributed by atoms with E-state index in [9.17, 15) is 14.7 Å². The predicted molar refractivity (Wildman–Crippen MR) is 103 cm³/mol. The average Bonchev–Trinajstić information content (AvgIpc) is 3.31. The number of rotatable bonds is 7. The van der Waals surface area contributed by atoms with Crippen molar-refractivity contribution in [2.45, 2.75) is 57.5 Å². The van der Waals surface area contributed by atoms with Gasteiger partial charge in [-0.3, -0.25) is 9.59 Å². The lowest BCUT2D eigenvalue weighted by molar-refractivity contribution is -0.122. The molecule has 1 aliphatic heterocycles. The molecule has 0 radical (unpaired) electrons. The van der Waals surface area contributed by atoms with Crippen LogP contribution in [0, 0.1) is 5.92 Å². The molecule has 2 atom stereocenters. The third-order valence-electron chi connectivity index (χ3n) is 5.61. The first-order valence-electron chi connectivity index (χ1n) is 10.0. The second-order valence-corrected chi connectivity index (χ2v) is 7.61. The van der Waals surface area contributed by atoms with E-state index in [1.165, 1.54) is 12.8 Å². The fourth-order valence-electron chi connectivity index (χ4n) is 4.23. The molecule has 1 aromatic carbocycles. The molecule has 2 aliphatic rings. The molecule has 1 aromatic rings. The first kappa shape index (κ1) is 19.7. The number of likely N-dealkylation sites (tertiary alicyclic amines) is 1. The molecule has 27 heavy (non-hydrogen) atoms. The highest BCUT2D eigenvalue weighted by Gasteiger charge is 2.36. The van der Waals surface area contributed by atoms with Crippen LogP contribution >= 0.6 is 0 Å². The third kappa shape index (κ3) is 5.01. The normalized spacial score (nSPS) is 22.8. The van der Waals surface area contributed by atoms with Gasteiger partial charge in [0.25, 0.3) is 5.91 Å². The van der Waals surface area contributed by atoms with Gasteiger partial charge in [0, 0.05) is 24.6 Å². The Morgan fingerprint density at radius 1 is 1.22 bits per heavy atom. The highest BCUT2D eigenvalue weighted by atomic mass is 16.5. The predicted octanol–water partition coefficient (Wildman–Crippen LogP) is 2.36. The molecule has 0 spiro atoms. The quantitative estimate of drug-likeness (QED) is 0.768. The van der Waals surface area contributed by atoms with E-state index in [1.807, 2.05) is 6.92 Å². The SMILES string of the molecule is CCOc1ccc(C(=O)N2C[C@@H](NC(=O)CC3CCCC3)C[C@H]2CO)cc1. The van der Waals surface area contributed by atoms with E-state index in [-0.39, 0.29) is 30.5 Å². The molecule has 1 aliphatic carbocycles. The Bertz CT molecular complexity index is 640. The Morgan fingerprint density at radius 2 is 1.93 bits per heavy atom. The van der Waals surface area contributed by atoms with E-state index in [0.29, 0.717) is 37.5 Å². The number of nitrogens with zero attached hydrogens (tertiary/aromatic N) is 1. The highest BCUT2D eigenvalue weighted by molar-refractivity contribution is 5.95. The van der Waals surface area contributed by atoms with Gasteiger partial charge in [-0.25, -0.2) is 0 Å². The summed E-state index contributed by atoms with van der Waals surface area (Å²) >= 11 is 0. The van der Waals surface area contributed by atoms with Crippen LogP contribution in [0.3, 0.4) is 0 Å².